The number of rotatable bonds is 4. The second-order valence-electron chi connectivity index (χ2n) is 2.02. The van der Waals surface area contributed by atoms with E-state index in [0.717, 1.165) is 0 Å². The van der Waals surface area contributed by atoms with E-state index >= 15 is 0 Å². The van der Waals surface area contributed by atoms with Crippen LogP contribution in [0.5, 0.6) is 0 Å². The van der Waals surface area contributed by atoms with Crippen molar-refractivity contribution in [3.63, 3.8) is 0 Å². The molecule has 0 spiro atoms. The minimum absolute atomic E-state index is 0.318. The molecule has 0 bridgehead atoms. The zero-order chi connectivity index (χ0) is 9.56. The van der Waals surface area contributed by atoms with Crippen LogP contribution in [0.3, 0.4) is 0 Å². The van der Waals surface area contributed by atoms with Crippen LogP contribution in [0, 0.1) is 0 Å². The minimum Gasteiger partial charge on any atom is -0.298 e. The molecule has 0 radical (unpaired) electrons. The molecule has 0 aromatic carbocycles. The topological polar surface area (TPSA) is 34.1 Å². The molecule has 0 saturated carbocycles. The molecular weight excluding hydrogens is 172 g/mol. The second-order valence-corrected chi connectivity index (χ2v) is 2.42. The Kier molecular flexibility index (Phi) is 5.04. The van der Waals surface area contributed by atoms with Crippen LogP contribution in [-0.2, 0) is 9.59 Å². The summed E-state index contributed by atoms with van der Waals surface area (Å²) in [4.78, 5) is 21.1. The van der Waals surface area contributed by atoms with E-state index in [-0.39, 0.29) is 0 Å². The Morgan fingerprint density at radius 3 is 2.33 bits per heavy atom. The molecule has 0 aliphatic heterocycles. The van der Waals surface area contributed by atoms with E-state index < -0.39 is 5.12 Å². The number of carbonyl (C=O) groups excluding carboxylic acids is 2. The molecule has 0 heterocycles. The highest BCUT2D eigenvalue weighted by atomic mass is 32.1. The molecular formula is C9H10O2S. The van der Waals surface area contributed by atoms with Crippen molar-refractivity contribution in [3.8, 4) is 0 Å². The predicted octanol–water partition coefficient (Wildman–Crippen LogP) is 1.70. The average molecular weight is 182 g/mol. The molecule has 0 aromatic heterocycles. The fourth-order valence-electron chi connectivity index (χ4n) is 0.573. The number of hydrogen-bond acceptors (Lipinski definition) is 2. The van der Waals surface area contributed by atoms with Crippen LogP contribution in [0.25, 0.3) is 0 Å². The van der Waals surface area contributed by atoms with Gasteiger partial charge in [0.2, 0.25) is 5.12 Å². The summed E-state index contributed by atoms with van der Waals surface area (Å²) in [6, 6.07) is 0. The van der Waals surface area contributed by atoms with Crippen LogP contribution in [0.1, 0.15) is 6.92 Å². The Morgan fingerprint density at radius 1 is 1.50 bits per heavy atom. The first-order valence-electron chi connectivity index (χ1n) is 3.34. The van der Waals surface area contributed by atoms with Gasteiger partial charge in [-0.2, -0.15) is 0 Å². The lowest BCUT2D eigenvalue weighted by atomic mass is 10.2. The van der Waals surface area contributed by atoms with Gasteiger partial charge in [0.1, 0.15) is 6.29 Å². The van der Waals surface area contributed by atoms with Crippen LogP contribution in [-0.4, -0.2) is 11.4 Å². The van der Waals surface area contributed by atoms with E-state index in [2.05, 4.69) is 19.2 Å². The maximum Gasteiger partial charge on any atom is 0.216 e. The standard InChI is InChI=1S/C9H10O2S/c1-3-7(6-10)5-8(4-2)9(11)12/h3-6H,2H2,1H3,(H,11,12)/b7-3+,8-5+. The second kappa shape index (κ2) is 5.55. The third-order valence-corrected chi connectivity index (χ3v) is 1.52. The van der Waals surface area contributed by atoms with Gasteiger partial charge in [0.25, 0.3) is 0 Å². The molecule has 64 valence electrons. The molecule has 3 heteroatoms. The molecule has 0 unspecified atom stereocenters. The molecule has 0 atom stereocenters. The average Bonchev–Trinajstić information content (AvgIpc) is 2.06. The van der Waals surface area contributed by atoms with Gasteiger partial charge in [-0.1, -0.05) is 18.7 Å². The fourth-order valence-corrected chi connectivity index (χ4v) is 0.729. The summed E-state index contributed by atoms with van der Waals surface area (Å²) < 4.78 is 0. The molecule has 0 aliphatic rings. The molecule has 0 aromatic rings. The van der Waals surface area contributed by atoms with E-state index in [9.17, 15) is 9.59 Å². The van der Waals surface area contributed by atoms with Gasteiger partial charge in [0.15, 0.2) is 0 Å². The lowest BCUT2D eigenvalue weighted by molar-refractivity contribution is -0.107. The summed E-state index contributed by atoms with van der Waals surface area (Å²) in [5.74, 6) is 0. The van der Waals surface area contributed by atoms with Gasteiger partial charge in [0, 0.05) is 11.1 Å². The first kappa shape index (κ1) is 10.9. The van der Waals surface area contributed by atoms with Crippen molar-refractivity contribution in [2.45, 2.75) is 6.92 Å². The van der Waals surface area contributed by atoms with Gasteiger partial charge in [-0.3, -0.25) is 9.59 Å². The zero-order valence-electron chi connectivity index (χ0n) is 6.78. The molecule has 0 saturated heterocycles. The lowest BCUT2D eigenvalue weighted by Gasteiger charge is -1.93. The number of aldehydes is 1. The normalized spacial score (nSPS) is 12.5. The van der Waals surface area contributed by atoms with Crippen molar-refractivity contribution in [3.05, 3.63) is 36.0 Å². The van der Waals surface area contributed by atoms with Gasteiger partial charge in [-0.15, -0.1) is 12.6 Å². The SMILES string of the molecule is C=C/C(=C\C(C=O)=C/C)C(=O)S. The quantitative estimate of drug-likeness (QED) is 0.311. The minimum atomic E-state index is -0.397. The summed E-state index contributed by atoms with van der Waals surface area (Å²) in [6.07, 6.45) is 5.07. The van der Waals surface area contributed by atoms with E-state index in [4.69, 9.17) is 0 Å². The van der Waals surface area contributed by atoms with Gasteiger partial charge in [0.05, 0.1) is 0 Å². The first-order chi connectivity index (χ1) is 5.65. The van der Waals surface area contributed by atoms with Crippen molar-refractivity contribution in [2.75, 3.05) is 0 Å². The van der Waals surface area contributed by atoms with E-state index in [1.807, 2.05) is 0 Å². The lowest BCUT2D eigenvalue weighted by Crippen LogP contribution is -1.91. The van der Waals surface area contributed by atoms with Crippen molar-refractivity contribution < 1.29 is 9.59 Å². The van der Waals surface area contributed by atoms with E-state index in [1.165, 1.54) is 12.2 Å². The van der Waals surface area contributed by atoms with Crippen LogP contribution in [0.2, 0.25) is 0 Å². The highest BCUT2D eigenvalue weighted by molar-refractivity contribution is 7.97. The Bertz CT molecular complexity index is 262. The maximum atomic E-state index is 10.7. The molecule has 0 N–H and O–H groups in total. The summed E-state index contributed by atoms with van der Waals surface area (Å²) in [5.41, 5.74) is 0.755. The van der Waals surface area contributed by atoms with Crippen LogP contribution in [0.4, 0.5) is 0 Å². The Labute approximate surface area is 77.1 Å². The van der Waals surface area contributed by atoms with E-state index in [0.29, 0.717) is 17.4 Å². The zero-order valence-corrected chi connectivity index (χ0v) is 7.67. The Hall–Kier alpha value is -1.09. The van der Waals surface area contributed by atoms with E-state index in [1.54, 1.807) is 13.0 Å². The Balaban J connectivity index is 4.81. The van der Waals surface area contributed by atoms with Crippen molar-refractivity contribution in [2.24, 2.45) is 0 Å². The largest absolute Gasteiger partial charge is 0.298 e. The Morgan fingerprint density at radius 2 is 2.08 bits per heavy atom. The number of hydrogen-bond donors (Lipinski definition) is 1. The third kappa shape index (κ3) is 3.34. The molecule has 0 fully saturated rings. The molecule has 0 amide bonds. The number of thiol groups is 1. The van der Waals surface area contributed by atoms with Gasteiger partial charge < -0.3 is 0 Å². The summed E-state index contributed by atoms with van der Waals surface area (Å²) in [5, 5.41) is -0.397. The summed E-state index contributed by atoms with van der Waals surface area (Å²) >= 11 is 3.60. The maximum absolute atomic E-state index is 10.7. The van der Waals surface area contributed by atoms with Gasteiger partial charge in [-0.05, 0) is 13.0 Å². The number of allylic oxidation sites excluding steroid dienone is 4. The van der Waals surface area contributed by atoms with Crippen molar-refractivity contribution in [1.29, 1.82) is 0 Å². The third-order valence-electron chi connectivity index (χ3n) is 1.26. The number of carbonyl (C=O) groups is 2. The van der Waals surface area contributed by atoms with Crippen molar-refractivity contribution >= 4 is 24.0 Å². The molecule has 0 rings (SSSR count). The smallest absolute Gasteiger partial charge is 0.216 e. The molecule has 12 heavy (non-hydrogen) atoms. The summed E-state index contributed by atoms with van der Waals surface area (Å²) in [7, 11) is 0. The predicted molar refractivity (Wildman–Crippen MR) is 52.1 cm³/mol. The summed E-state index contributed by atoms with van der Waals surface area (Å²) in [6.45, 7) is 5.13. The van der Waals surface area contributed by atoms with Gasteiger partial charge >= 0.3 is 0 Å². The highest BCUT2D eigenvalue weighted by Crippen LogP contribution is 2.05. The van der Waals surface area contributed by atoms with Crippen LogP contribution >= 0.6 is 12.6 Å². The van der Waals surface area contributed by atoms with Crippen molar-refractivity contribution in [1.82, 2.24) is 0 Å². The van der Waals surface area contributed by atoms with Crippen LogP contribution < -0.4 is 0 Å². The highest BCUT2D eigenvalue weighted by Gasteiger charge is 1.99. The molecule has 2 nitrogen and oxygen atoms in total. The fraction of sp³-hybridized carbons (Fsp3) is 0.111. The van der Waals surface area contributed by atoms with Crippen LogP contribution in [0.15, 0.2) is 36.0 Å². The van der Waals surface area contributed by atoms with Gasteiger partial charge in [-0.25, -0.2) is 0 Å². The first-order valence-corrected chi connectivity index (χ1v) is 3.79. The molecule has 0 aliphatic carbocycles. The monoisotopic (exact) mass is 182 g/mol.